The summed E-state index contributed by atoms with van der Waals surface area (Å²) in [7, 11) is 0. The van der Waals surface area contributed by atoms with Crippen LogP contribution in [0.3, 0.4) is 0 Å². The molecule has 1 aliphatic heterocycles. The van der Waals surface area contributed by atoms with Crippen LogP contribution in [0.4, 0.5) is 4.79 Å². The second-order valence-electron chi connectivity index (χ2n) is 17.4. The molecule has 0 aromatic heterocycles. The number of aliphatic hydroxyl groups excluding tert-OH is 2. The fourth-order valence-corrected chi connectivity index (χ4v) is 9.34. The molecule has 15 nitrogen and oxygen atoms in total. The molecule has 58 heavy (non-hydrogen) atoms. The molecule has 15 heteroatoms. The zero-order valence-corrected chi connectivity index (χ0v) is 33.8. The van der Waals surface area contributed by atoms with Gasteiger partial charge in [0.1, 0.15) is 29.5 Å². The van der Waals surface area contributed by atoms with E-state index in [-0.39, 0.29) is 29.7 Å². The fraction of sp³-hybridized carbons (Fsp3) is 0.535. The van der Waals surface area contributed by atoms with Gasteiger partial charge >= 0.3 is 24.0 Å². The Morgan fingerprint density at radius 3 is 2.10 bits per heavy atom. The Morgan fingerprint density at radius 2 is 1.55 bits per heavy atom. The lowest BCUT2D eigenvalue weighted by molar-refractivity contribution is -0.343. The molecular weight excluding hydrogens is 754 g/mol. The first-order valence-electron chi connectivity index (χ1n) is 19.2. The van der Waals surface area contributed by atoms with Gasteiger partial charge in [-0.3, -0.25) is 14.4 Å². The molecule has 7 unspecified atom stereocenters. The number of alkyl carbamates (subject to hydrolysis) is 1. The molecule has 1 amide bonds. The van der Waals surface area contributed by atoms with Crippen molar-refractivity contribution in [3.63, 3.8) is 0 Å². The molecule has 4 aliphatic rings. The zero-order valence-electron chi connectivity index (χ0n) is 33.8. The molecule has 2 saturated carbocycles. The third-order valence-corrected chi connectivity index (χ3v) is 12.4. The summed E-state index contributed by atoms with van der Waals surface area (Å²) < 4.78 is 29.4. The Bertz CT molecular complexity index is 2020. The van der Waals surface area contributed by atoms with Crippen molar-refractivity contribution in [1.82, 2.24) is 5.32 Å². The number of benzene rings is 2. The molecule has 10 atom stereocenters. The molecule has 3 fully saturated rings. The topological polar surface area (TPSA) is 221 Å². The van der Waals surface area contributed by atoms with E-state index in [0.717, 1.165) is 6.92 Å². The van der Waals surface area contributed by atoms with Crippen molar-refractivity contribution in [3.8, 4) is 0 Å². The highest BCUT2D eigenvalue weighted by atomic mass is 16.6. The Labute approximate surface area is 336 Å². The van der Waals surface area contributed by atoms with Gasteiger partial charge in [0.25, 0.3) is 0 Å². The summed E-state index contributed by atoms with van der Waals surface area (Å²) in [4.78, 5) is 83.5. The van der Waals surface area contributed by atoms with Gasteiger partial charge in [-0.2, -0.15) is 0 Å². The number of fused-ring (bicyclic) bond motifs is 5. The molecule has 4 N–H and O–H groups in total. The van der Waals surface area contributed by atoms with Gasteiger partial charge in [0.05, 0.1) is 35.6 Å². The van der Waals surface area contributed by atoms with Crippen LogP contribution in [0.25, 0.3) is 0 Å². The Morgan fingerprint density at radius 1 is 0.948 bits per heavy atom. The van der Waals surface area contributed by atoms with Crippen molar-refractivity contribution in [2.75, 3.05) is 6.61 Å². The molecule has 312 valence electrons. The van der Waals surface area contributed by atoms with E-state index in [1.807, 2.05) is 0 Å². The molecule has 0 spiro atoms. The number of aliphatic hydroxyl groups is 3. The largest absolute Gasteiger partial charge is 0.456 e. The minimum Gasteiger partial charge on any atom is -0.456 e. The van der Waals surface area contributed by atoms with Crippen molar-refractivity contribution < 1.29 is 67.8 Å². The molecule has 3 aliphatic carbocycles. The second kappa shape index (κ2) is 15.0. The Kier molecular flexibility index (Phi) is 11.0. The number of amides is 1. The number of Topliss-reactive ketones (excluding diaryl/α,β-unsaturated/α-hetero) is 2. The van der Waals surface area contributed by atoms with E-state index < -0.39 is 112 Å². The standard InChI is InChI=1S/C43H51NO14/c1-22-26(55-37(51)32(48)30(24-15-11-9-12-16-24)44-38(52)58-39(3,4)5)20-43(53)35(56-36(50)25-17-13-10-14-18-25)33-41(8,34(49)31(47)29(22)40(43,6)7)27(46)19-28-42(33,21-54-28)57-23(2)45/h9-18,26-28,30,32-33,35,46,48,53H,19-21H2,1-8H3,(H,44,52)/t26?,27?,28?,30?,32?,33?,35?,41-,42+,43-/m1/s1. The van der Waals surface area contributed by atoms with Crippen molar-refractivity contribution in [1.29, 1.82) is 0 Å². The minimum atomic E-state index is -2.41. The van der Waals surface area contributed by atoms with Gasteiger partial charge in [-0.25, -0.2) is 14.4 Å². The van der Waals surface area contributed by atoms with E-state index in [9.17, 15) is 44.1 Å². The molecular formula is C43H51NO14. The zero-order chi connectivity index (χ0) is 42.7. The predicted octanol–water partition coefficient (Wildman–Crippen LogP) is 3.47. The van der Waals surface area contributed by atoms with Gasteiger partial charge in [0.15, 0.2) is 11.7 Å². The normalized spacial score (nSPS) is 32.4. The molecule has 2 aromatic carbocycles. The van der Waals surface area contributed by atoms with Crippen LogP contribution in [0, 0.1) is 16.7 Å². The first-order chi connectivity index (χ1) is 27.0. The number of rotatable bonds is 8. The average Bonchev–Trinajstić information content (AvgIpc) is 3.14. The SMILES string of the molecule is CC(=O)O[C@@]12COC1CC(O)[C@@]1(C)C(=O)C(=O)C3=C(C)C(OC(=O)C(O)C(NC(=O)OC(C)(C)C)c4ccccc4)C[C@@](O)(C(OC(=O)c4ccccc4)C21)C3(C)C. The monoisotopic (exact) mass is 805 g/mol. The number of ether oxygens (including phenoxy) is 5. The molecule has 1 heterocycles. The average molecular weight is 806 g/mol. The van der Waals surface area contributed by atoms with E-state index in [1.165, 1.54) is 39.8 Å². The first kappa shape index (κ1) is 42.6. The lowest BCUT2D eigenvalue weighted by Gasteiger charge is -2.66. The van der Waals surface area contributed by atoms with Crippen LogP contribution in [0.15, 0.2) is 71.8 Å². The fourth-order valence-electron chi connectivity index (χ4n) is 9.34. The quantitative estimate of drug-likeness (QED) is 0.171. The Hall–Kier alpha value is -4.96. The van der Waals surface area contributed by atoms with Gasteiger partial charge in [0.2, 0.25) is 11.6 Å². The molecule has 2 aromatic rings. The van der Waals surface area contributed by atoms with Crippen LogP contribution in [0.5, 0.6) is 0 Å². The number of ketones is 2. The van der Waals surface area contributed by atoms with Crippen LogP contribution < -0.4 is 5.32 Å². The maximum atomic E-state index is 14.8. The Balaban J connectivity index is 1.49. The van der Waals surface area contributed by atoms with Crippen molar-refractivity contribution >= 4 is 35.6 Å². The molecule has 6 rings (SSSR count). The number of hydrogen-bond donors (Lipinski definition) is 4. The van der Waals surface area contributed by atoms with Crippen LogP contribution in [0.1, 0.15) is 90.2 Å². The van der Waals surface area contributed by atoms with Gasteiger partial charge in [-0.1, -0.05) is 62.4 Å². The smallest absolute Gasteiger partial charge is 0.408 e. The summed E-state index contributed by atoms with van der Waals surface area (Å²) >= 11 is 0. The number of carbonyl (C=O) groups is 6. The third kappa shape index (κ3) is 7.01. The lowest BCUT2D eigenvalue weighted by atomic mass is 9.45. The summed E-state index contributed by atoms with van der Waals surface area (Å²) in [6.07, 6.45) is -9.78. The summed E-state index contributed by atoms with van der Waals surface area (Å²) in [6, 6.07) is 14.5. The van der Waals surface area contributed by atoms with Crippen LogP contribution >= 0.6 is 0 Å². The van der Waals surface area contributed by atoms with Gasteiger partial charge in [-0.05, 0) is 57.9 Å². The van der Waals surface area contributed by atoms with E-state index in [0.29, 0.717) is 5.56 Å². The number of hydrogen-bond acceptors (Lipinski definition) is 14. The van der Waals surface area contributed by atoms with Gasteiger partial charge in [-0.15, -0.1) is 0 Å². The highest BCUT2D eigenvalue weighted by molar-refractivity contribution is 6.46. The maximum absolute atomic E-state index is 14.8. The minimum absolute atomic E-state index is 0.0602. The van der Waals surface area contributed by atoms with E-state index >= 15 is 0 Å². The lowest BCUT2D eigenvalue weighted by Crippen LogP contribution is -2.81. The summed E-state index contributed by atoms with van der Waals surface area (Å²) in [6.45, 7) is 11.5. The van der Waals surface area contributed by atoms with Crippen LogP contribution in [0.2, 0.25) is 0 Å². The third-order valence-electron chi connectivity index (χ3n) is 12.4. The summed E-state index contributed by atoms with van der Waals surface area (Å²) in [5, 5.41) is 39.3. The second-order valence-corrected chi connectivity index (χ2v) is 17.4. The summed E-state index contributed by atoms with van der Waals surface area (Å²) in [5.41, 5.74) is -8.77. The van der Waals surface area contributed by atoms with Gasteiger partial charge < -0.3 is 44.3 Å². The number of esters is 3. The van der Waals surface area contributed by atoms with E-state index in [4.69, 9.17) is 23.7 Å². The summed E-state index contributed by atoms with van der Waals surface area (Å²) in [5.74, 6) is -6.80. The van der Waals surface area contributed by atoms with Crippen molar-refractivity contribution in [2.24, 2.45) is 16.7 Å². The van der Waals surface area contributed by atoms with Gasteiger partial charge in [0, 0.05) is 30.8 Å². The highest BCUT2D eigenvalue weighted by Crippen LogP contribution is 2.63. The highest BCUT2D eigenvalue weighted by Gasteiger charge is 2.78. The molecule has 1 saturated heterocycles. The molecule has 2 bridgehead atoms. The van der Waals surface area contributed by atoms with Crippen molar-refractivity contribution in [2.45, 2.75) is 122 Å². The van der Waals surface area contributed by atoms with Crippen LogP contribution in [-0.4, -0.2) is 105 Å². The predicted molar refractivity (Wildman–Crippen MR) is 203 cm³/mol. The number of carbonyl (C=O) groups excluding carboxylic acids is 6. The van der Waals surface area contributed by atoms with Crippen LogP contribution in [-0.2, 0) is 42.9 Å². The van der Waals surface area contributed by atoms with E-state index in [2.05, 4.69) is 5.32 Å². The first-order valence-corrected chi connectivity index (χ1v) is 19.2. The van der Waals surface area contributed by atoms with Crippen molar-refractivity contribution in [3.05, 3.63) is 82.9 Å². The molecule has 0 radical (unpaired) electrons. The van der Waals surface area contributed by atoms with E-state index in [1.54, 1.807) is 69.3 Å². The number of nitrogens with one attached hydrogen (secondary N) is 1. The maximum Gasteiger partial charge on any atom is 0.408 e.